The second kappa shape index (κ2) is 9.05. The molecule has 2 fully saturated rings. The fraction of sp³-hybridized carbons (Fsp3) is 0.727. The molecule has 1 saturated carbocycles. The van der Waals surface area contributed by atoms with Crippen molar-refractivity contribution in [3.8, 4) is 5.75 Å². The lowest BCUT2D eigenvalue weighted by Crippen LogP contribution is -3.13. The quantitative estimate of drug-likeness (QED) is 0.794. The minimum absolute atomic E-state index is 0.406. The van der Waals surface area contributed by atoms with Gasteiger partial charge in [-0.2, -0.15) is 0 Å². The van der Waals surface area contributed by atoms with Crippen molar-refractivity contribution in [1.82, 2.24) is 0 Å². The van der Waals surface area contributed by atoms with Crippen molar-refractivity contribution in [2.75, 3.05) is 26.2 Å². The molecule has 1 unspecified atom stereocenters. The summed E-state index contributed by atoms with van der Waals surface area (Å²) in [4.78, 5) is 1.69. The molecule has 25 heavy (non-hydrogen) atoms. The maximum atomic E-state index is 11.8. The van der Waals surface area contributed by atoms with Crippen LogP contribution in [0.1, 0.15) is 70.3 Å². The molecule has 1 aromatic rings. The number of hydrogen-bond acceptors (Lipinski definition) is 2. The van der Waals surface area contributed by atoms with Gasteiger partial charge in [-0.3, -0.25) is 0 Å². The number of likely N-dealkylation sites (tertiary alicyclic amines) is 1. The summed E-state index contributed by atoms with van der Waals surface area (Å²) in [7, 11) is 0. The molecule has 1 saturated heterocycles. The molecule has 2 aliphatic rings. The monoisotopic (exact) mass is 346 g/mol. The highest BCUT2D eigenvalue weighted by Gasteiger charge is 2.39. The van der Waals surface area contributed by atoms with Gasteiger partial charge in [0.1, 0.15) is 5.75 Å². The molecule has 3 nitrogen and oxygen atoms in total. The Morgan fingerprint density at radius 3 is 2.28 bits per heavy atom. The summed E-state index contributed by atoms with van der Waals surface area (Å²) in [6.45, 7) is 6.35. The van der Waals surface area contributed by atoms with Gasteiger partial charge in [0.15, 0.2) is 0 Å². The van der Waals surface area contributed by atoms with Crippen LogP contribution in [-0.4, -0.2) is 31.3 Å². The molecule has 3 heteroatoms. The third kappa shape index (κ3) is 4.77. The molecule has 0 radical (unpaired) electrons. The van der Waals surface area contributed by atoms with E-state index < -0.39 is 5.60 Å². The fourth-order valence-corrected chi connectivity index (χ4v) is 4.84. The average Bonchev–Trinajstić information content (AvgIpc) is 2.68. The zero-order chi connectivity index (χ0) is 17.5. The number of piperidine rings is 1. The van der Waals surface area contributed by atoms with Crippen LogP contribution in [0.15, 0.2) is 24.3 Å². The molecule has 1 aliphatic heterocycles. The highest BCUT2D eigenvalue weighted by atomic mass is 16.5. The van der Waals surface area contributed by atoms with Crippen LogP contribution in [0.2, 0.25) is 0 Å². The molecule has 0 aromatic heterocycles. The van der Waals surface area contributed by atoms with Crippen molar-refractivity contribution in [3.05, 3.63) is 29.8 Å². The first-order chi connectivity index (χ1) is 12.2. The fourth-order valence-electron chi connectivity index (χ4n) is 4.84. The van der Waals surface area contributed by atoms with Gasteiger partial charge < -0.3 is 14.7 Å². The molecular formula is C22H36NO2+. The molecule has 1 aromatic carbocycles. The first kappa shape index (κ1) is 18.7. The lowest BCUT2D eigenvalue weighted by Gasteiger charge is -2.40. The number of rotatable bonds is 7. The maximum absolute atomic E-state index is 11.8. The molecule has 2 N–H and O–H groups in total. The van der Waals surface area contributed by atoms with Gasteiger partial charge in [0, 0.05) is 6.42 Å². The lowest BCUT2D eigenvalue weighted by molar-refractivity contribution is -0.905. The SMILES string of the molecule is CCOc1ccc(C(O)(CC[NH+]2CCCCC2)C2CCCCC2)cc1. The summed E-state index contributed by atoms with van der Waals surface area (Å²) in [5.74, 6) is 1.31. The second-order valence-electron chi connectivity index (χ2n) is 8.03. The van der Waals surface area contributed by atoms with Crippen LogP contribution in [0.5, 0.6) is 5.75 Å². The van der Waals surface area contributed by atoms with Crippen LogP contribution in [-0.2, 0) is 5.60 Å². The van der Waals surface area contributed by atoms with E-state index in [2.05, 4.69) is 12.1 Å². The Kier molecular flexibility index (Phi) is 6.77. The van der Waals surface area contributed by atoms with E-state index in [-0.39, 0.29) is 0 Å². The standard InChI is InChI=1S/C22H35NO2/c1-2-25-21-13-11-20(12-14-21)22(24,19-9-5-3-6-10-19)15-18-23-16-7-4-8-17-23/h11-14,19,24H,2-10,15-18H2,1H3/p+1. The van der Waals surface area contributed by atoms with Gasteiger partial charge in [-0.15, -0.1) is 0 Å². The Morgan fingerprint density at radius 2 is 1.64 bits per heavy atom. The van der Waals surface area contributed by atoms with E-state index in [1.165, 1.54) is 64.5 Å². The Bertz CT molecular complexity index is 503. The third-order valence-electron chi connectivity index (χ3n) is 6.37. The Morgan fingerprint density at radius 1 is 1.00 bits per heavy atom. The van der Waals surface area contributed by atoms with Gasteiger partial charge in [-0.1, -0.05) is 31.4 Å². The molecule has 0 amide bonds. The number of nitrogens with one attached hydrogen (secondary N) is 1. The number of quaternary nitrogens is 1. The summed E-state index contributed by atoms with van der Waals surface area (Å²) in [6.07, 6.45) is 11.2. The first-order valence-electron chi connectivity index (χ1n) is 10.5. The van der Waals surface area contributed by atoms with Crippen LogP contribution in [0, 0.1) is 5.92 Å². The van der Waals surface area contributed by atoms with E-state index in [9.17, 15) is 5.11 Å². The molecule has 1 atom stereocenters. The highest BCUT2D eigenvalue weighted by molar-refractivity contribution is 5.31. The topological polar surface area (TPSA) is 33.9 Å². The first-order valence-corrected chi connectivity index (χ1v) is 10.5. The van der Waals surface area contributed by atoms with E-state index in [0.29, 0.717) is 12.5 Å². The van der Waals surface area contributed by atoms with E-state index in [4.69, 9.17) is 4.74 Å². The van der Waals surface area contributed by atoms with Crippen LogP contribution in [0.3, 0.4) is 0 Å². The van der Waals surface area contributed by atoms with Crippen LogP contribution >= 0.6 is 0 Å². The lowest BCUT2D eigenvalue weighted by atomic mass is 9.71. The average molecular weight is 347 g/mol. The predicted octanol–water partition coefficient (Wildman–Crippen LogP) is 3.31. The summed E-state index contributed by atoms with van der Waals surface area (Å²) in [5.41, 5.74) is 0.426. The van der Waals surface area contributed by atoms with Crippen LogP contribution in [0.25, 0.3) is 0 Å². The van der Waals surface area contributed by atoms with Crippen LogP contribution < -0.4 is 9.64 Å². The number of benzene rings is 1. The predicted molar refractivity (Wildman–Crippen MR) is 102 cm³/mol. The molecule has 1 aliphatic carbocycles. The molecule has 140 valence electrons. The maximum Gasteiger partial charge on any atom is 0.119 e. The summed E-state index contributed by atoms with van der Waals surface area (Å²) in [5, 5.41) is 11.8. The van der Waals surface area contributed by atoms with Crippen molar-refractivity contribution >= 4 is 0 Å². The number of ether oxygens (including phenoxy) is 1. The Labute approximate surface area is 153 Å². The van der Waals surface area contributed by atoms with Crippen LogP contribution in [0.4, 0.5) is 0 Å². The third-order valence-corrected chi connectivity index (χ3v) is 6.37. The van der Waals surface area contributed by atoms with Crippen molar-refractivity contribution in [3.63, 3.8) is 0 Å². The Hall–Kier alpha value is -1.06. The molecule has 1 heterocycles. The second-order valence-corrected chi connectivity index (χ2v) is 8.03. The Balaban J connectivity index is 1.74. The van der Waals surface area contributed by atoms with Gasteiger partial charge in [0.2, 0.25) is 0 Å². The van der Waals surface area contributed by atoms with Gasteiger partial charge in [0.05, 0.1) is 31.8 Å². The number of hydrogen-bond donors (Lipinski definition) is 2. The summed E-state index contributed by atoms with van der Waals surface area (Å²) in [6, 6.07) is 8.26. The van der Waals surface area contributed by atoms with Crippen molar-refractivity contribution in [1.29, 1.82) is 0 Å². The smallest absolute Gasteiger partial charge is 0.119 e. The highest BCUT2D eigenvalue weighted by Crippen LogP contribution is 2.41. The van der Waals surface area contributed by atoms with Crippen molar-refractivity contribution in [2.24, 2.45) is 5.92 Å². The minimum Gasteiger partial charge on any atom is -0.494 e. The molecular weight excluding hydrogens is 310 g/mol. The zero-order valence-corrected chi connectivity index (χ0v) is 15.9. The normalized spacial score (nSPS) is 22.5. The largest absolute Gasteiger partial charge is 0.494 e. The zero-order valence-electron chi connectivity index (χ0n) is 15.9. The summed E-state index contributed by atoms with van der Waals surface area (Å²) < 4.78 is 5.59. The van der Waals surface area contributed by atoms with Gasteiger partial charge >= 0.3 is 0 Å². The van der Waals surface area contributed by atoms with Gasteiger partial charge in [-0.25, -0.2) is 0 Å². The van der Waals surface area contributed by atoms with Gasteiger partial charge in [0.25, 0.3) is 0 Å². The molecule has 3 rings (SSSR count). The van der Waals surface area contributed by atoms with E-state index in [1.807, 2.05) is 19.1 Å². The minimum atomic E-state index is -0.671. The summed E-state index contributed by atoms with van der Waals surface area (Å²) >= 11 is 0. The molecule has 0 bridgehead atoms. The van der Waals surface area contributed by atoms with E-state index in [0.717, 1.165) is 24.3 Å². The van der Waals surface area contributed by atoms with Crippen molar-refractivity contribution in [2.45, 2.75) is 70.3 Å². The van der Waals surface area contributed by atoms with E-state index in [1.54, 1.807) is 4.90 Å². The van der Waals surface area contributed by atoms with E-state index >= 15 is 0 Å². The molecule has 0 spiro atoms. The van der Waals surface area contributed by atoms with Gasteiger partial charge in [-0.05, 0) is 62.6 Å². The van der Waals surface area contributed by atoms with Crippen molar-refractivity contribution < 1.29 is 14.7 Å². The number of aliphatic hydroxyl groups is 1.